The molecular formula is C26H21F4N7O2. The highest BCUT2D eigenvalue weighted by molar-refractivity contribution is 5.84. The Morgan fingerprint density at radius 3 is 1.74 bits per heavy atom. The Morgan fingerprint density at radius 1 is 0.641 bits per heavy atom. The molecule has 9 nitrogen and oxygen atoms in total. The topological polar surface area (TPSA) is 105 Å². The Labute approximate surface area is 220 Å². The molecule has 1 aromatic heterocycles. The van der Waals surface area contributed by atoms with Crippen molar-refractivity contribution in [3.8, 4) is 11.5 Å². The summed E-state index contributed by atoms with van der Waals surface area (Å²) in [5.41, 5.74) is 6.73. The summed E-state index contributed by atoms with van der Waals surface area (Å²) in [6, 6.07) is 23.1. The average molecular weight is 539 g/mol. The van der Waals surface area contributed by atoms with Crippen molar-refractivity contribution in [1.29, 1.82) is 0 Å². The molecule has 0 unspecified atom stereocenters. The SMILES string of the molecule is FC(F)Oc1ccccc1C=NNc1cc(Nc2ccccc2)nc(NN=Cc2ccccc2OC(F)F)n1. The summed E-state index contributed by atoms with van der Waals surface area (Å²) >= 11 is 0. The minimum atomic E-state index is -2.99. The first-order valence-corrected chi connectivity index (χ1v) is 11.3. The fourth-order valence-corrected chi connectivity index (χ4v) is 3.20. The number of nitrogens with zero attached hydrogens (tertiary/aromatic N) is 4. The van der Waals surface area contributed by atoms with Crippen LogP contribution in [0.15, 0.2) is 95.1 Å². The van der Waals surface area contributed by atoms with Crippen molar-refractivity contribution in [2.24, 2.45) is 10.2 Å². The molecule has 0 spiro atoms. The normalized spacial score (nSPS) is 11.3. The number of para-hydroxylation sites is 3. The second kappa shape index (κ2) is 13.4. The van der Waals surface area contributed by atoms with Gasteiger partial charge in [0, 0.05) is 22.9 Å². The summed E-state index contributed by atoms with van der Waals surface area (Å²) in [5, 5.41) is 11.2. The first-order valence-electron chi connectivity index (χ1n) is 11.3. The molecular weight excluding hydrogens is 518 g/mol. The Kier molecular flexibility index (Phi) is 9.21. The lowest BCUT2D eigenvalue weighted by Crippen LogP contribution is -2.06. The summed E-state index contributed by atoms with van der Waals surface area (Å²) in [7, 11) is 0. The first-order chi connectivity index (χ1) is 19.0. The van der Waals surface area contributed by atoms with E-state index in [0.717, 1.165) is 5.69 Å². The summed E-state index contributed by atoms with van der Waals surface area (Å²) < 4.78 is 59.7. The fourth-order valence-electron chi connectivity index (χ4n) is 3.20. The van der Waals surface area contributed by atoms with Gasteiger partial charge in [-0.05, 0) is 36.4 Å². The monoisotopic (exact) mass is 539 g/mol. The number of aromatic nitrogens is 2. The molecule has 0 amide bonds. The lowest BCUT2D eigenvalue weighted by atomic mass is 10.2. The van der Waals surface area contributed by atoms with E-state index in [1.807, 2.05) is 30.3 Å². The third-order valence-electron chi connectivity index (χ3n) is 4.79. The zero-order chi connectivity index (χ0) is 27.5. The molecule has 3 aromatic carbocycles. The number of hydrazone groups is 2. The summed E-state index contributed by atoms with van der Waals surface area (Å²) in [4.78, 5) is 8.63. The van der Waals surface area contributed by atoms with Crippen molar-refractivity contribution in [1.82, 2.24) is 9.97 Å². The van der Waals surface area contributed by atoms with Gasteiger partial charge < -0.3 is 14.8 Å². The zero-order valence-electron chi connectivity index (χ0n) is 20.0. The maximum Gasteiger partial charge on any atom is 0.387 e. The molecule has 0 radical (unpaired) electrons. The van der Waals surface area contributed by atoms with Gasteiger partial charge in [0.1, 0.15) is 17.3 Å². The van der Waals surface area contributed by atoms with Crippen molar-refractivity contribution >= 4 is 35.7 Å². The fraction of sp³-hybridized carbons (Fsp3) is 0.0769. The molecule has 0 bridgehead atoms. The van der Waals surface area contributed by atoms with Gasteiger partial charge in [0.25, 0.3) is 0 Å². The molecule has 13 heteroatoms. The molecule has 0 aliphatic rings. The van der Waals surface area contributed by atoms with E-state index in [-0.39, 0.29) is 23.3 Å². The van der Waals surface area contributed by atoms with Gasteiger partial charge >= 0.3 is 13.2 Å². The predicted molar refractivity (Wildman–Crippen MR) is 140 cm³/mol. The number of rotatable bonds is 12. The first kappa shape index (κ1) is 26.9. The van der Waals surface area contributed by atoms with Crippen molar-refractivity contribution < 1.29 is 27.0 Å². The van der Waals surface area contributed by atoms with Gasteiger partial charge in [0.2, 0.25) is 5.95 Å². The van der Waals surface area contributed by atoms with E-state index in [0.29, 0.717) is 16.9 Å². The highest BCUT2D eigenvalue weighted by Crippen LogP contribution is 2.22. The van der Waals surface area contributed by atoms with Crippen molar-refractivity contribution in [3.63, 3.8) is 0 Å². The third-order valence-corrected chi connectivity index (χ3v) is 4.79. The molecule has 0 atom stereocenters. The second-order valence-corrected chi connectivity index (χ2v) is 7.53. The average Bonchev–Trinajstić information content (AvgIpc) is 2.91. The van der Waals surface area contributed by atoms with Crippen LogP contribution in [0.2, 0.25) is 0 Å². The lowest BCUT2D eigenvalue weighted by Gasteiger charge is -2.10. The van der Waals surface area contributed by atoms with E-state index < -0.39 is 13.2 Å². The number of ether oxygens (including phenoxy) is 2. The van der Waals surface area contributed by atoms with Crippen LogP contribution in [-0.4, -0.2) is 35.6 Å². The van der Waals surface area contributed by atoms with Gasteiger partial charge in [-0.1, -0.05) is 42.5 Å². The lowest BCUT2D eigenvalue weighted by molar-refractivity contribution is -0.0506. The van der Waals surface area contributed by atoms with E-state index in [1.165, 1.54) is 24.6 Å². The van der Waals surface area contributed by atoms with E-state index in [1.54, 1.807) is 42.5 Å². The molecule has 200 valence electrons. The molecule has 4 rings (SSSR count). The number of hydrogen-bond acceptors (Lipinski definition) is 9. The third kappa shape index (κ3) is 8.42. The maximum absolute atomic E-state index is 12.7. The van der Waals surface area contributed by atoms with Crippen LogP contribution >= 0.6 is 0 Å². The highest BCUT2D eigenvalue weighted by atomic mass is 19.3. The van der Waals surface area contributed by atoms with Crippen LogP contribution in [0, 0.1) is 0 Å². The second-order valence-electron chi connectivity index (χ2n) is 7.53. The Morgan fingerprint density at radius 2 is 1.15 bits per heavy atom. The van der Waals surface area contributed by atoms with Gasteiger partial charge in [-0.15, -0.1) is 0 Å². The standard InChI is InChI=1S/C26H21F4N7O2/c27-24(28)38-20-12-6-4-8-17(20)15-31-36-23-14-22(33-19-10-2-1-3-11-19)34-26(35-23)37-32-16-18-9-5-7-13-21(18)39-25(29)30/h1-16,24-25H,(H3,33,34,35,36,37). The molecule has 39 heavy (non-hydrogen) atoms. The minimum Gasteiger partial charge on any atom is -0.434 e. The Bertz CT molecular complexity index is 1340. The van der Waals surface area contributed by atoms with Gasteiger partial charge in [-0.2, -0.15) is 37.7 Å². The number of nitrogens with one attached hydrogen (secondary N) is 3. The number of benzene rings is 3. The zero-order valence-corrected chi connectivity index (χ0v) is 20.0. The van der Waals surface area contributed by atoms with Crippen LogP contribution in [0.5, 0.6) is 11.5 Å². The number of halogens is 4. The number of alkyl halides is 4. The van der Waals surface area contributed by atoms with Gasteiger partial charge in [0.05, 0.1) is 12.4 Å². The van der Waals surface area contributed by atoms with Crippen molar-refractivity contribution in [2.45, 2.75) is 13.2 Å². The Hall–Kier alpha value is -5.20. The number of anilines is 4. The van der Waals surface area contributed by atoms with E-state index in [9.17, 15) is 17.6 Å². The van der Waals surface area contributed by atoms with Crippen LogP contribution in [-0.2, 0) is 0 Å². The van der Waals surface area contributed by atoms with Crippen LogP contribution in [0.25, 0.3) is 0 Å². The minimum absolute atomic E-state index is 0.0403. The van der Waals surface area contributed by atoms with Gasteiger partial charge in [0.15, 0.2) is 5.82 Å². The highest BCUT2D eigenvalue weighted by Gasteiger charge is 2.09. The van der Waals surface area contributed by atoms with Crippen LogP contribution in [0.1, 0.15) is 11.1 Å². The quantitative estimate of drug-likeness (QED) is 0.110. The smallest absolute Gasteiger partial charge is 0.387 e. The van der Waals surface area contributed by atoms with Gasteiger partial charge in [-0.3, -0.25) is 5.43 Å². The van der Waals surface area contributed by atoms with E-state index >= 15 is 0 Å². The molecule has 1 heterocycles. The van der Waals surface area contributed by atoms with Crippen molar-refractivity contribution in [2.75, 3.05) is 16.2 Å². The van der Waals surface area contributed by atoms with Crippen molar-refractivity contribution in [3.05, 3.63) is 96.1 Å². The number of hydrogen-bond donors (Lipinski definition) is 3. The molecule has 0 aliphatic carbocycles. The maximum atomic E-state index is 12.7. The van der Waals surface area contributed by atoms with Crippen LogP contribution in [0.4, 0.5) is 40.8 Å². The predicted octanol–water partition coefficient (Wildman–Crippen LogP) is 6.32. The van der Waals surface area contributed by atoms with E-state index in [4.69, 9.17) is 0 Å². The molecule has 0 saturated heterocycles. The summed E-state index contributed by atoms with van der Waals surface area (Å²) in [6.45, 7) is -5.97. The largest absolute Gasteiger partial charge is 0.434 e. The van der Waals surface area contributed by atoms with Crippen LogP contribution < -0.4 is 25.6 Å². The molecule has 0 saturated carbocycles. The Balaban J connectivity index is 1.54. The summed E-state index contributed by atoms with van der Waals surface area (Å²) in [6.07, 6.45) is 2.58. The van der Waals surface area contributed by atoms with E-state index in [2.05, 4.69) is 45.8 Å². The van der Waals surface area contributed by atoms with Gasteiger partial charge in [-0.25, -0.2) is 5.43 Å². The molecule has 0 fully saturated rings. The molecule has 4 aromatic rings. The molecule has 3 N–H and O–H groups in total. The van der Waals surface area contributed by atoms with Crippen LogP contribution in [0.3, 0.4) is 0 Å². The molecule has 0 aliphatic heterocycles. The summed E-state index contributed by atoms with van der Waals surface area (Å²) in [5.74, 6) is 0.547.